The number of benzene rings is 1. The molecule has 2 heterocycles. The number of piperidine rings is 1. The smallest absolute Gasteiger partial charge is 0.363 e. The molecule has 2 aromatic rings. The number of likely N-dealkylation sites (tertiary alicyclic amines) is 1. The van der Waals surface area contributed by atoms with E-state index >= 15 is 0 Å². The van der Waals surface area contributed by atoms with Crippen LogP contribution < -0.4 is 10.6 Å². The predicted octanol–water partition coefficient (Wildman–Crippen LogP) is 1.81. The Balaban J connectivity index is 0.00000507. The Kier molecular flexibility index (Phi) is 6.04. The zero-order chi connectivity index (χ0) is 27.6. The summed E-state index contributed by atoms with van der Waals surface area (Å²) in [5.41, 5.74) is -1.44. The van der Waals surface area contributed by atoms with Crippen LogP contribution in [0.2, 0.25) is 0 Å². The quantitative estimate of drug-likeness (QED) is 0.568. The average molecular weight is 460 g/mol. The van der Waals surface area contributed by atoms with E-state index in [4.69, 9.17) is 14.3 Å². The molecule has 0 spiro atoms. The summed E-state index contributed by atoms with van der Waals surface area (Å²) in [5.74, 6) is -0.255. The summed E-state index contributed by atoms with van der Waals surface area (Å²) in [6, 6.07) is 8.77. The molecule has 0 saturated carbocycles. The molecule has 9 nitrogen and oxygen atoms in total. The third-order valence-corrected chi connectivity index (χ3v) is 5.33. The highest BCUT2D eigenvalue weighted by Crippen LogP contribution is 2.34. The number of aromatic nitrogens is 4. The number of aryl methyl sites for hydroxylation is 2. The predicted molar refractivity (Wildman–Crippen MR) is 122 cm³/mol. The first-order chi connectivity index (χ1) is 17.2. The van der Waals surface area contributed by atoms with Crippen LogP contribution in [0.15, 0.2) is 35.1 Å². The van der Waals surface area contributed by atoms with Crippen molar-refractivity contribution < 1.29 is 19.1 Å². The fourth-order valence-electron chi connectivity index (χ4n) is 3.68. The molecular formula is C21H33ClN6O3. The van der Waals surface area contributed by atoms with Crippen molar-refractivity contribution in [1.29, 1.82) is 0 Å². The fraction of sp³-hybridized carbons (Fsp3) is 0.619. The summed E-state index contributed by atoms with van der Waals surface area (Å²) in [7, 11) is -2.71. The van der Waals surface area contributed by atoms with Crippen LogP contribution in [0.4, 0.5) is 5.69 Å². The number of rotatable bonds is 9. The first-order valence-corrected chi connectivity index (χ1v) is 10.0. The van der Waals surface area contributed by atoms with Gasteiger partial charge in [0, 0.05) is 48.0 Å². The van der Waals surface area contributed by atoms with Gasteiger partial charge in [-0.15, -0.1) is 12.4 Å². The molecule has 1 aliphatic rings. The van der Waals surface area contributed by atoms with Gasteiger partial charge in [-0.3, -0.25) is 4.79 Å². The summed E-state index contributed by atoms with van der Waals surface area (Å²) in [5, 5.41) is 7.14. The van der Waals surface area contributed by atoms with Gasteiger partial charge in [0.1, 0.15) is 0 Å². The van der Waals surface area contributed by atoms with Gasteiger partial charge in [0.25, 0.3) is 0 Å². The van der Waals surface area contributed by atoms with E-state index in [1.165, 1.54) is 9.80 Å². The Morgan fingerprint density at radius 1 is 1.19 bits per heavy atom. The molecule has 1 amide bonds. The van der Waals surface area contributed by atoms with Crippen molar-refractivity contribution in [2.45, 2.75) is 51.7 Å². The molecular weight excluding hydrogens is 420 g/mol. The van der Waals surface area contributed by atoms with E-state index in [9.17, 15) is 9.59 Å². The lowest BCUT2D eigenvalue weighted by atomic mass is 9.85. The van der Waals surface area contributed by atoms with E-state index in [0.717, 1.165) is 4.68 Å². The first kappa shape index (κ1) is 16.4. The molecule has 0 radical (unpaired) electrons. The lowest BCUT2D eigenvalue weighted by Crippen LogP contribution is -2.60. The molecule has 1 aromatic heterocycles. The molecule has 0 unspecified atom stereocenters. The van der Waals surface area contributed by atoms with Gasteiger partial charge >= 0.3 is 5.69 Å². The Morgan fingerprint density at radius 3 is 2.45 bits per heavy atom. The number of para-hydroxylation sites is 1. The Bertz CT molecular complexity index is 1130. The zero-order valence-electron chi connectivity index (χ0n) is 24.7. The number of nitrogens with zero attached hydrogens (tertiary/aromatic N) is 6. The van der Waals surface area contributed by atoms with E-state index in [0.29, 0.717) is 10.4 Å². The van der Waals surface area contributed by atoms with Crippen LogP contribution in [0.1, 0.15) is 42.7 Å². The number of carbonyl (C=O) groups is 1. The number of hydrogen-bond acceptors (Lipinski definition) is 6. The highest BCUT2D eigenvalue weighted by atomic mass is 35.5. The number of halogens is 1. The van der Waals surface area contributed by atoms with Crippen molar-refractivity contribution in [2.75, 3.05) is 38.1 Å². The molecule has 0 bridgehead atoms. The van der Waals surface area contributed by atoms with E-state index in [1.54, 1.807) is 44.2 Å². The highest BCUT2D eigenvalue weighted by Gasteiger charge is 2.42. The SMILES string of the molecule is Cl.[2H]C([2H])([2H])OCC1(N(C(=O)CC)c2ccccc2)CCN(C([2H])([2H])C([2H])([2H])n2nnn(CC)c2=O)CC1. The number of carbonyl (C=O) groups excluding carboxylic acids is 1. The summed E-state index contributed by atoms with van der Waals surface area (Å²) < 4.78 is 63.3. The van der Waals surface area contributed by atoms with Crippen molar-refractivity contribution in [1.82, 2.24) is 24.7 Å². The van der Waals surface area contributed by atoms with Crippen LogP contribution in [0.5, 0.6) is 0 Å². The lowest BCUT2D eigenvalue weighted by molar-refractivity contribution is -0.120. The van der Waals surface area contributed by atoms with Gasteiger partial charge in [0.15, 0.2) is 0 Å². The Hall–Kier alpha value is -2.23. The van der Waals surface area contributed by atoms with Crippen molar-refractivity contribution >= 4 is 24.0 Å². The van der Waals surface area contributed by atoms with E-state index in [-0.39, 0.29) is 63.8 Å². The second kappa shape index (κ2) is 11.4. The van der Waals surface area contributed by atoms with Crippen molar-refractivity contribution in [3.8, 4) is 0 Å². The van der Waals surface area contributed by atoms with Crippen LogP contribution in [0, 0.1) is 0 Å². The number of amides is 1. The summed E-state index contributed by atoms with van der Waals surface area (Å²) >= 11 is 0. The second-order valence-corrected chi connectivity index (χ2v) is 7.13. The van der Waals surface area contributed by atoms with Gasteiger partial charge in [-0.05, 0) is 42.3 Å². The van der Waals surface area contributed by atoms with Crippen molar-refractivity contribution in [3.05, 3.63) is 40.8 Å². The maximum absolute atomic E-state index is 13.2. The molecule has 1 aromatic carbocycles. The monoisotopic (exact) mass is 459 g/mol. The molecule has 31 heavy (non-hydrogen) atoms. The van der Waals surface area contributed by atoms with Crippen LogP contribution in [0.3, 0.4) is 0 Å². The van der Waals surface area contributed by atoms with Gasteiger partial charge in [-0.2, -0.15) is 9.36 Å². The maximum atomic E-state index is 13.2. The standard InChI is InChI=1S/C21H32N6O3.ClH/c1-4-19(28)27(18-9-7-6-8-10-18)21(17-30-3)11-13-24(14-12-21)15-16-26-20(29)25(5-2)22-23-26;/h6-10H,4-5,11-17H2,1-3H3;1H/i3D3,15D2,16D2;. The normalized spacial score (nSPS) is 20.6. The fourth-order valence-corrected chi connectivity index (χ4v) is 3.68. The van der Waals surface area contributed by atoms with Gasteiger partial charge in [-0.1, -0.05) is 25.1 Å². The molecule has 1 fully saturated rings. The topological polar surface area (TPSA) is 85.5 Å². The Labute approximate surface area is 199 Å². The van der Waals surface area contributed by atoms with Crippen molar-refractivity contribution in [3.63, 3.8) is 0 Å². The largest absolute Gasteiger partial charge is 0.382 e. The van der Waals surface area contributed by atoms with Gasteiger partial charge in [-0.25, -0.2) is 4.79 Å². The van der Waals surface area contributed by atoms with E-state index in [1.807, 2.05) is 0 Å². The third-order valence-electron chi connectivity index (χ3n) is 5.33. The minimum absolute atomic E-state index is 0. The van der Waals surface area contributed by atoms with Gasteiger partial charge < -0.3 is 14.5 Å². The zero-order valence-corrected chi connectivity index (χ0v) is 18.5. The van der Waals surface area contributed by atoms with E-state index in [2.05, 4.69) is 10.4 Å². The number of anilines is 1. The molecule has 10 heteroatoms. The van der Waals surface area contributed by atoms with Gasteiger partial charge in [0.2, 0.25) is 5.91 Å². The molecule has 1 aliphatic heterocycles. The van der Waals surface area contributed by atoms with Gasteiger partial charge in [0.05, 0.1) is 25.5 Å². The van der Waals surface area contributed by atoms with Crippen LogP contribution in [-0.2, 0) is 22.6 Å². The molecule has 0 N–H and O–H groups in total. The highest BCUT2D eigenvalue weighted by molar-refractivity contribution is 5.94. The minimum atomic E-state index is -2.87. The third kappa shape index (κ3) is 5.53. The molecule has 0 atom stereocenters. The molecule has 3 rings (SSSR count). The number of tetrazole rings is 1. The summed E-state index contributed by atoms with van der Waals surface area (Å²) in [6.07, 6.45) is 0.333. The Morgan fingerprint density at radius 2 is 1.87 bits per heavy atom. The van der Waals surface area contributed by atoms with Crippen LogP contribution in [0.25, 0.3) is 0 Å². The van der Waals surface area contributed by atoms with Crippen LogP contribution >= 0.6 is 12.4 Å². The van der Waals surface area contributed by atoms with Crippen molar-refractivity contribution in [2.24, 2.45) is 0 Å². The summed E-state index contributed by atoms with van der Waals surface area (Å²) in [4.78, 5) is 28.4. The maximum Gasteiger partial charge on any atom is 0.363 e. The van der Waals surface area contributed by atoms with Crippen LogP contribution in [-0.4, -0.2) is 69.4 Å². The molecule has 172 valence electrons. The number of hydrogen-bond donors (Lipinski definition) is 0. The minimum Gasteiger partial charge on any atom is -0.382 e. The number of ether oxygens (including phenoxy) is 1. The molecule has 1 saturated heterocycles. The summed E-state index contributed by atoms with van der Waals surface area (Å²) in [6.45, 7) is -2.50. The lowest BCUT2D eigenvalue weighted by Gasteiger charge is -2.48. The average Bonchev–Trinajstić information content (AvgIpc) is 3.24. The second-order valence-electron chi connectivity index (χ2n) is 7.13. The first-order valence-electron chi connectivity index (χ1n) is 13.5. The van der Waals surface area contributed by atoms with E-state index < -0.39 is 31.3 Å². The molecule has 0 aliphatic carbocycles. The number of methoxy groups -OCH3 is 1.